The Morgan fingerprint density at radius 2 is 2.10 bits per heavy atom. The van der Waals surface area contributed by atoms with E-state index in [1.165, 1.54) is 25.7 Å². The summed E-state index contributed by atoms with van der Waals surface area (Å²) in [6.45, 7) is 3.00. The number of pyridine rings is 1. The van der Waals surface area contributed by atoms with Gasteiger partial charge in [-0.2, -0.15) is 0 Å². The third-order valence-electron chi connectivity index (χ3n) is 4.24. The van der Waals surface area contributed by atoms with E-state index in [9.17, 15) is 4.79 Å². The van der Waals surface area contributed by atoms with Crippen LogP contribution in [-0.4, -0.2) is 36.4 Å². The monoisotopic (exact) mass is 289 g/mol. The molecule has 0 unspecified atom stereocenters. The largest absolute Gasteiger partial charge is 0.373 e. The van der Waals surface area contributed by atoms with E-state index in [0.29, 0.717) is 5.92 Å². The molecule has 1 saturated carbocycles. The number of hydrogen-bond donors (Lipinski definition) is 1. The smallest absolute Gasteiger partial charge is 0.253 e. The summed E-state index contributed by atoms with van der Waals surface area (Å²) in [6.07, 6.45) is 7.08. The van der Waals surface area contributed by atoms with Gasteiger partial charge in [0.2, 0.25) is 0 Å². The maximum atomic E-state index is 12.6. The first-order valence-corrected chi connectivity index (χ1v) is 8.08. The maximum absolute atomic E-state index is 12.6. The van der Waals surface area contributed by atoms with Crippen LogP contribution < -0.4 is 5.32 Å². The molecule has 0 saturated heterocycles. The molecule has 0 atom stereocenters. The van der Waals surface area contributed by atoms with Gasteiger partial charge in [0.1, 0.15) is 5.82 Å². The standard InChI is InChI=1S/C17H27N3O/c1-4-7-15-10-14(11-16(18-2)19-15)17(21)20(3)12-13-8-5-6-9-13/h10-11,13H,4-9,12H2,1-3H3,(H,18,19). The van der Waals surface area contributed by atoms with Crippen molar-refractivity contribution < 1.29 is 4.79 Å². The minimum Gasteiger partial charge on any atom is -0.373 e. The molecule has 1 aromatic rings. The molecule has 1 amide bonds. The molecule has 1 aromatic heterocycles. The number of amides is 1. The number of carbonyl (C=O) groups is 1. The average molecular weight is 289 g/mol. The lowest BCUT2D eigenvalue weighted by Gasteiger charge is -2.21. The molecule has 1 aliphatic rings. The van der Waals surface area contributed by atoms with Gasteiger partial charge in [-0.1, -0.05) is 26.2 Å². The van der Waals surface area contributed by atoms with Crippen molar-refractivity contribution in [3.63, 3.8) is 0 Å². The molecule has 0 spiro atoms. The second-order valence-corrected chi connectivity index (χ2v) is 6.07. The molecule has 0 radical (unpaired) electrons. The van der Waals surface area contributed by atoms with Crippen molar-refractivity contribution in [2.24, 2.45) is 5.92 Å². The van der Waals surface area contributed by atoms with Gasteiger partial charge < -0.3 is 10.2 Å². The molecule has 21 heavy (non-hydrogen) atoms. The van der Waals surface area contributed by atoms with E-state index in [4.69, 9.17) is 0 Å². The summed E-state index contributed by atoms with van der Waals surface area (Å²) in [5, 5.41) is 3.05. The van der Waals surface area contributed by atoms with Crippen LogP contribution in [-0.2, 0) is 6.42 Å². The zero-order valence-electron chi connectivity index (χ0n) is 13.5. The lowest BCUT2D eigenvalue weighted by Crippen LogP contribution is -2.31. The van der Waals surface area contributed by atoms with Gasteiger partial charge in [0.05, 0.1) is 0 Å². The highest BCUT2D eigenvalue weighted by Gasteiger charge is 2.21. The van der Waals surface area contributed by atoms with Crippen molar-refractivity contribution in [2.75, 3.05) is 26.0 Å². The topological polar surface area (TPSA) is 45.2 Å². The summed E-state index contributed by atoms with van der Waals surface area (Å²) in [5.41, 5.74) is 1.74. The van der Waals surface area contributed by atoms with Crippen molar-refractivity contribution in [1.82, 2.24) is 9.88 Å². The van der Waals surface area contributed by atoms with Crippen LogP contribution in [0.5, 0.6) is 0 Å². The number of nitrogens with one attached hydrogen (secondary N) is 1. The Hall–Kier alpha value is -1.58. The van der Waals surface area contributed by atoms with Crippen molar-refractivity contribution in [2.45, 2.75) is 45.4 Å². The lowest BCUT2D eigenvalue weighted by molar-refractivity contribution is 0.0773. The van der Waals surface area contributed by atoms with Crippen molar-refractivity contribution >= 4 is 11.7 Å². The maximum Gasteiger partial charge on any atom is 0.253 e. The van der Waals surface area contributed by atoms with Gasteiger partial charge in [-0.15, -0.1) is 0 Å². The quantitative estimate of drug-likeness (QED) is 0.873. The normalized spacial score (nSPS) is 15.2. The van der Waals surface area contributed by atoms with Gasteiger partial charge in [0.15, 0.2) is 0 Å². The highest BCUT2D eigenvalue weighted by molar-refractivity contribution is 5.94. The van der Waals surface area contributed by atoms with Crippen LogP contribution in [0.25, 0.3) is 0 Å². The number of rotatable bonds is 6. The zero-order chi connectivity index (χ0) is 15.2. The van der Waals surface area contributed by atoms with Crippen molar-refractivity contribution in [3.8, 4) is 0 Å². The summed E-state index contributed by atoms with van der Waals surface area (Å²) in [5.74, 6) is 1.57. The van der Waals surface area contributed by atoms with Crippen LogP contribution in [0.3, 0.4) is 0 Å². The molecule has 2 rings (SSSR count). The van der Waals surface area contributed by atoms with Gasteiger partial charge in [-0.3, -0.25) is 4.79 Å². The van der Waals surface area contributed by atoms with E-state index in [-0.39, 0.29) is 5.91 Å². The molecule has 1 fully saturated rings. The number of nitrogens with zero attached hydrogens (tertiary/aromatic N) is 2. The third-order valence-corrected chi connectivity index (χ3v) is 4.24. The SMILES string of the molecule is CCCc1cc(C(=O)N(C)CC2CCCC2)cc(NC)n1. The molecular formula is C17H27N3O. The summed E-state index contributed by atoms with van der Waals surface area (Å²) < 4.78 is 0. The van der Waals surface area contributed by atoms with Crippen LogP contribution in [0.2, 0.25) is 0 Å². The minimum atomic E-state index is 0.109. The first-order chi connectivity index (χ1) is 10.1. The third kappa shape index (κ3) is 4.19. The second-order valence-electron chi connectivity index (χ2n) is 6.07. The molecule has 0 aliphatic heterocycles. The highest BCUT2D eigenvalue weighted by atomic mass is 16.2. The van der Waals surface area contributed by atoms with E-state index in [1.807, 2.05) is 31.1 Å². The van der Waals surface area contributed by atoms with Crippen LogP contribution in [0, 0.1) is 5.92 Å². The Balaban J connectivity index is 2.10. The first-order valence-electron chi connectivity index (χ1n) is 8.08. The van der Waals surface area contributed by atoms with Gasteiger partial charge >= 0.3 is 0 Å². The fourth-order valence-corrected chi connectivity index (χ4v) is 3.11. The van der Waals surface area contributed by atoms with Crippen molar-refractivity contribution in [3.05, 3.63) is 23.4 Å². The highest BCUT2D eigenvalue weighted by Crippen LogP contribution is 2.25. The predicted octanol–water partition coefficient (Wildman–Crippen LogP) is 3.34. The Morgan fingerprint density at radius 1 is 1.38 bits per heavy atom. The minimum absolute atomic E-state index is 0.109. The Morgan fingerprint density at radius 3 is 2.71 bits per heavy atom. The molecule has 4 nitrogen and oxygen atoms in total. The van der Waals surface area contributed by atoms with Crippen LogP contribution >= 0.6 is 0 Å². The molecule has 116 valence electrons. The number of hydrogen-bond acceptors (Lipinski definition) is 3. The molecule has 1 aliphatic carbocycles. The van der Waals surface area contributed by atoms with E-state index >= 15 is 0 Å². The van der Waals surface area contributed by atoms with Gasteiger partial charge in [0.25, 0.3) is 5.91 Å². The lowest BCUT2D eigenvalue weighted by atomic mass is 10.1. The van der Waals surface area contributed by atoms with Crippen LogP contribution in [0.4, 0.5) is 5.82 Å². The Labute approximate surface area is 127 Å². The summed E-state index contributed by atoms with van der Waals surface area (Å²) in [7, 11) is 3.76. The fraction of sp³-hybridized carbons (Fsp3) is 0.647. The second kappa shape index (κ2) is 7.43. The van der Waals surface area contributed by atoms with E-state index in [0.717, 1.165) is 36.5 Å². The molecule has 1 N–H and O–H groups in total. The fourth-order valence-electron chi connectivity index (χ4n) is 3.11. The molecule has 4 heteroatoms. The first kappa shape index (κ1) is 15.8. The van der Waals surface area contributed by atoms with E-state index in [1.54, 1.807) is 0 Å². The number of aromatic nitrogens is 1. The number of anilines is 1. The van der Waals surface area contributed by atoms with Gasteiger partial charge in [-0.25, -0.2) is 4.98 Å². The number of carbonyl (C=O) groups excluding carboxylic acids is 1. The Bertz CT molecular complexity index is 481. The van der Waals surface area contributed by atoms with Gasteiger partial charge in [-0.05, 0) is 37.3 Å². The van der Waals surface area contributed by atoms with Crippen molar-refractivity contribution in [1.29, 1.82) is 0 Å². The van der Waals surface area contributed by atoms with Crippen LogP contribution in [0.1, 0.15) is 55.1 Å². The summed E-state index contributed by atoms with van der Waals surface area (Å²) >= 11 is 0. The average Bonchev–Trinajstić information content (AvgIpc) is 2.99. The van der Waals surface area contributed by atoms with E-state index < -0.39 is 0 Å². The molecule has 0 bridgehead atoms. The molecule has 1 heterocycles. The molecular weight excluding hydrogens is 262 g/mol. The Kier molecular flexibility index (Phi) is 5.59. The van der Waals surface area contributed by atoms with Crippen LogP contribution in [0.15, 0.2) is 12.1 Å². The van der Waals surface area contributed by atoms with E-state index in [2.05, 4.69) is 17.2 Å². The summed E-state index contributed by atoms with van der Waals surface area (Å²) in [6, 6.07) is 3.80. The number of aryl methyl sites for hydroxylation is 1. The summed E-state index contributed by atoms with van der Waals surface area (Å²) in [4.78, 5) is 19.0. The molecule has 0 aromatic carbocycles. The van der Waals surface area contributed by atoms with Gasteiger partial charge in [0, 0.05) is 31.9 Å². The predicted molar refractivity (Wildman–Crippen MR) is 86.7 cm³/mol. The zero-order valence-corrected chi connectivity index (χ0v) is 13.5.